The summed E-state index contributed by atoms with van der Waals surface area (Å²) in [5.41, 5.74) is 3.42. The van der Waals surface area contributed by atoms with Gasteiger partial charge in [0, 0.05) is 17.7 Å². The van der Waals surface area contributed by atoms with Crippen LogP contribution in [-0.4, -0.2) is 28.7 Å². The topological polar surface area (TPSA) is 84.6 Å². The van der Waals surface area contributed by atoms with Crippen molar-refractivity contribution in [2.75, 3.05) is 11.9 Å². The number of benzene rings is 2. The maximum absolute atomic E-state index is 13.1. The van der Waals surface area contributed by atoms with Crippen LogP contribution in [-0.2, 0) is 17.6 Å². The predicted molar refractivity (Wildman–Crippen MR) is 106 cm³/mol. The zero-order valence-electron chi connectivity index (χ0n) is 15.9. The Morgan fingerprint density at radius 3 is 2.86 bits per heavy atom. The van der Waals surface area contributed by atoms with Gasteiger partial charge in [0.25, 0.3) is 0 Å². The molecule has 3 aromatic rings. The van der Waals surface area contributed by atoms with Crippen molar-refractivity contribution in [3.05, 3.63) is 65.3 Å². The van der Waals surface area contributed by atoms with Crippen LogP contribution in [0.5, 0.6) is 5.75 Å². The fourth-order valence-electron chi connectivity index (χ4n) is 3.39. The van der Waals surface area contributed by atoms with Crippen molar-refractivity contribution in [1.29, 1.82) is 0 Å². The van der Waals surface area contributed by atoms with E-state index in [9.17, 15) is 9.18 Å². The van der Waals surface area contributed by atoms with E-state index in [-0.39, 0.29) is 5.82 Å². The maximum atomic E-state index is 13.1. The summed E-state index contributed by atoms with van der Waals surface area (Å²) in [4.78, 5) is 15.6. The Kier molecular flexibility index (Phi) is 5.20. The average molecular weight is 396 g/mol. The second-order valence-electron chi connectivity index (χ2n) is 7.02. The number of carboxylic acids is 1. The molecule has 0 fully saturated rings. The number of oxazole rings is 1. The maximum Gasteiger partial charge on any atom is 0.326 e. The van der Waals surface area contributed by atoms with Gasteiger partial charge in [0.15, 0.2) is 0 Å². The number of rotatable bonds is 6. The Bertz CT molecular complexity index is 1030. The molecule has 0 saturated carbocycles. The molecule has 0 radical (unpaired) electrons. The first kappa shape index (κ1) is 19.0. The zero-order chi connectivity index (χ0) is 20.4. The second-order valence-corrected chi connectivity index (χ2v) is 7.02. The lowest BCUT2D eigenvalue weighted by Crippen LogP contribution is -2.33. The van der Waals surface area contributed by atoms with E-state index in [0.717, 1.165) is 28.3 Å². The number of aromatic nitrogens is 1. The van der Waals surface area contributed by atoms with E-state index < -0.39 is 12.0 Å². The van der Waals surface area contributed by atoms with Crippen molar-refractivity contribution in [2.45, 2.75) is 32.2 Å². The Hall–Kier alpha value is -3.35. The highest BCUT2D eigenvalue weighted by Gasteiger charge is 2.23. The van der Waals surface area contributed by atoms with Crippen LogP contribution in [0.2, 0.25) is 0 Å². The average Bonchev–Trinajstić information content (AvgIpc) is 3.08. The molecule has 7 heteroatoms. The van der Waals surface area contributed by atoms with Crippen molar-refractivity contribution in [1.82, 2.24) is 4.98 Å². The first-order valence-corrected chi connectivity index (χ1v) is 9.47. The SMILES string of the molecule is Cc1oc(-c2ccc(F)cc2)nc1CCOc1ccc2c(c1)CCC(C(=O)O)N2. The summed E-state index contributed by atoms with van der Waals surface area (Å²) < 4.78 is 24.6. The number of aryl methyl sites for hydroxylation is 2. The number of fused-ring (bicyclic) bond motifs is 1. The molecule has 2 N–H and O–H groups in total. The standard InChI is InChI=1S/C22H21FN2O4/c1-13-18(25-21(29-13)14-2-5-16(23)6-3-14)10-11-28-17-7-9-19-15(12-17)4-8-20(24-19)22(26)27/h2-3,5-7,9,12,20,24H,4,8,10-11H2,1H3,(H,26,27). The largest absolute Gasteiger partial charge is 0.493 e. The van der Waals surface area contributed by atoms with Gasteiger partial charge in [0.05, 0.1) is 12.3 Å². The normalized spacial score (nSPS) is 15.4. The molecule has 0 amide bonds. The molecule has 2 heterocycles. The number of carboxylic acid groups (broad SMARTS) is 1. The summed E-state index contributed by atoms with van der Waals surface area (Å²) in [6.45, 7) is 2.28. The summed E-state index contributed by atoms with van der Waals surface area (Å²) in [5.74, 6) is 0.773. The van der Waals surface area contributed by atoms with Crippen LogP contribution in [0.4, 0.5) is 10.1 Å². The van der Waals surface area contributed by atoms with Gasteiger partial charge in [-0.1, -0.05) is 0 Å². The van der Waals surface area contributed by atoms with E-state index in [1.54, 1.807) is 12.1 Å². The molecular weight excluding hydrogens is 375 g/mol. The Labute approximate surface area is 167 Å². The van der Waals surface area contributed by atoms with Crippen molar-refractivity contribution in [3.63, 3.8) is 0 Å². The van der Waals surface area contributed by atoms with Gasteiger partial charge >= 0.3 is 5.97 Å². The summed E-state index contributed by atoms with van der Waals surface area (Å²) in [6.07, 6.45) is 1.82. The molecule has 0 saturated heterocycles. The first-order valence-electron chi connectivity index (χ1n) is 9.47. The highest BCUT2D eigenvalue weighted by molar-refractivity contribution is 5.79. The molecule has 29 heavy (non-hydrogen) atoms. The van der Waals surface area contributed by atoms with Crippen molar-refractivity contribution < 1.29 is 23.4 Å². The number of anilines is 1. The van der Waals surface area contributed by atoms with E-state index in [1.807, 2.05) is 25.1 Å². The first-order chi connectivity index (χ1) is 14.0. The fraction of sp³-hybridized carbons (Fsp3) is 0.273. The van der Waals surface area contributed by atoms with Gasteiger partial charge in [0.1, 0.15) is 23.4 Å². The smallest absolute Gasteiger partial charge is 0.326 e. The van der Waals surface area contributed by atoms with Crippen LogP contribution in [0.15, 0.2) is 46.9 Å². The monoisotopic (exact) mass is 396 g/mol. The number of hydrogen-bond donors (Lipinski definition) is 2. The van der Waals surface area contributed by atoms with Crippen LogP contribution in [0.25, 0.3) is 11.5 Å². The lowest BCUT2D eigenvalue weighted by Gasteiger charge is -2.24. The van der Waals surface area contributed by atoms with E-state index in [4.69, 9.17) is 14.3 Å². The minimum Gasteiger partial charge on any atom is -0.493 e. The number of carbonyl (C=O) groups is 1. The number of nitrogens with one attached hydrogen (secondary N) is 1. The van der Waals surface area contributed by atoms with Gasteiger partial charge in [-0.05, 0) is 67.8 Å². The van der Waals surface area contributed by atoms with Crippen LogP contribution in [0, 0.1) is 12.7 Å². The molecule has 0 aliphatic carbocycles. The zero-order valence-corrected chi connectivity index (χ0v) is 15.9. The van der Waals surface area contributed by atoms with E-state index >= 15 is 0 Å². The minimum atomic E-state index is -0.834. The highest BCUT2D eigenvalue weighted by Crippen LogP contribution is 2.29. The van der Waals surface area contributed by atoms with Crippen molar-refractivity contribution >= 4 is 11.7 Å². The number of ether oxygens (including phenoxy) is 1. The molecule has 150 valence electrons. The predicted octanol–water partition coefficient (Wildman–Crippen LogP) is 4.22. The Balaban J connectivity index is 1.37. The molecular formula is C22H21FN2O4. The molecule has 0 spiro atoms. The van der Waals surface area contributed by atoms with Gasteiger partial charge in [-0.2, -0.15) is 0 Å². The third kappa shape index (κ3) is 4.23. The molecule has 1 aliphatic heterocycles. The van der Waals surface area contributed by atoms with Gasteiger partial charge in [-0.3, -0.25) is 0 Å². The molecule has 4 rings (SSSR count). The number of nitrogens with zero attached hydrogens (tertiary/aromatic N) is 1. The van der Waals surface area contributed by atoms with Crippen LogP contribution < -0.4 is 10.1 Å². The van der Waals surface area contributed by atoms with Gasteiger partial charge < -0.3 is 19.6 Å². The van der Waals surface area contributed by atoms with Gasteiger partial charge in [-0.25, -0.2) is 14.2 Å². The molecule has 1 atom stereocenters. The lowest BCUT2D eigenvalue weighted by atomic mass is 9.98. The molecule has 2 aromatic carbocycles. The van der Waals surface area contributed by atoms with Crippen molar-refractivity contribution in [3.8, 4) is 17.2 Å². The van der Waals surface area contributed by atoms with Crippen molar-refractivity contribution in [2.24, 2.45) is 0 Å². The Morgan fingerprint density at radius 2 is 2.10 bits per heavy atom. The van der Waals surface area contributed by atoms with E-state index in [0.29, 0.717) is 37.5 Å². The quantitative estimate of drug-likeness (QED) is 0.649. The molecule has 1 unspecified atom stereocenters. The summed E-state index contributed by atoms with van der Waals surface area (Å²) in [6, 6.07) is 11.1. The van der Waals surface area contributed by atoms with Gasteiger partial charge in [0.2, 0.25) is 5.89 Å². The number of hydrogen-bond acceptors (Lipinski definition) is 5. The minimum absolute atomic E-state index is 0.301. The number of halogens is 1. The third-order valence-corrected chi connectivity index (χ3v) is 5.00. The highest BCUT2D eigenvalue weighted by atomic mass is 19.1. The van der Waals surface area contributed by atoms with E-state index in [1.165, 1.54) is 12.1 Å². The molecule has 6 nitrogen and oxygen atoms in total. The van der Waals surface area contributed by atoms with E-state index in [2.05, 4.69) is 10.3 Å². The lowest BCUT2D eigenvalue weighted by molar-refractivity contribution is -0.138. The summed E-state index contributed by atoms with van der Waals surface area (Å²) >= 11 is 0. The Morgan fingerprint density at radius 1 is 1.31 bits per heavy atom. The molecule has 0 bridgehead atoms. The molecule has 1 aliphatic rings. The fourth-order valence-corrected chi connectivity index (χ4v) is 3.39. The molecule has 1 aromatic heterocycles. The van der Waals surface area contributed by atoms with Crippen LogP contribution in [0.1, 0.15) is 23.4 Å². The van der Waals surface area contributed by atoms with Crippen LogP contribution >= 0.6 is 0 Å². The second kappa shape index (κ2) is 7.95. The summed E-state index contributed by atoms with van der Waals surface area (Å²) in [7, 11) is 0. The van der Waals surface area contributed by atoms with Gasteiger partial charge in [-0.15, -0.1) is 0 Å². The number of aliphatic carboxylic acids is 1. The third-order valence-electron chi connectivity index (χ3n) is 5.00. The van der Waals surface area contributed by atoms with Crippen LogP contribution in [0.3, 0.4) is 0 Å². The summed E-state index contributed by atoms with van der Waals surface area (Å²) in [5, 5.41) is 12.2.